The number of nitrogens with one attached hydrogen (secondary N) is 2. The molecule has 1 rings (SSSR count). The maximum atomic E-state index is 12.0. The molecule has 17 heavy (non-hydrogen) atoms. The van der Waals surface area contributed by atoms with Crippen molar-refractivity contribution in [3.05, 3.63) is 0 Å². The number of amides is 1. The van der Waals surface area contributed by atoms with Crippen molar-refractivity contribution in [3.63, 3.8) is 0 Å². The first kappa shape index (κ1) is 14.5. The molecule has 1 aliphatic heterocycles. The summed E-state index contributed by atoms with van der Waals surface area (Å²) in [5, 5.41) is 6.29. The van der Waals surface area contributed by atoms with Crippen LogP contribution in [0.2, 0.25) is 0 Å². The van der Waals surface area contributed by atoms with Gasteiger partial charge >= 0.3 is 0 Å². The van der Waals surface area contributed by atoms with E-state index in [0.717, 1.165) is 13.0 Å². The summed E-state index contributed by atoms with van der Waals surface area (Å²) in [7, 11) is 0. The van der Waals surface area contributed by atoms with Crippen molar-refractivity contribution in [2.75, 3.05) is 19.8 Å². The highest BCUT2D eigenvalue weighted by molar-refractivity contribution is 5.82. The molecule has 1 amide bonds. The van der Waals surface area contributed by atoms with Crippen molar-refractivity contribution in [2.45, 2.75) is 52.1 Å². The quantitative estimate of drug-likeness (QED) is 0.738. The fourth-order valence-corrected chi connectivity index (χ4v) is 2.25. The fraction of sp³-hybridized carbons (Fsp3) is 0.923. The summed E-state index contributed by atoms with van der Waals surface area (Å²) in [4.78, 5) is 12.0. The normalized spacial score (nSPS) is 26.5. The number of carbonyl (C=O) groups excluding carboxylic acids is 1. The van der Waals surface area contributed by atoms with Crippen LogP contribution < -0.4 is 10.6 Å². The molecule has 3 unspecified atom stereocenters. The Morgan fingerprint density at radius 3 is 2.94 bits per heavy atom. The van der Waals surface area contributed by atoms with Crippen LogP contribution >= 0.6 is 0 Å². The van der Waals surface area contributed by atoms with Crippen molar-refractivity contribution >= 4 is 5.91 Å². The summed E-state index contributed by atoms with van der Waals surface area (Å²) in [5.74, 6) is 0.810. The number of carbonyl (C=O) groups is 1. The van der Waals surface area contributed by atoms with Crippen LogP contribution in [0.15, 0.2) is 0 Å². The van der Waals surface area contributed by atoms with E-state index in [2.05, 4.69) is 17.6 Å². The van der Waals surface area contributed by atoms with Gasteiger partial charge < -0.3 is 15.4 Å². The Bertz CT molecular complexity index is 233. The molecule has 4 heteroatoms. The van der Waals surface area contributed by atoms with Crippen LogP contribution in [0.1, 0.15) is 40.0 Å². The number of hydrogen-bond donors (Lipinski definition) is 2. The van der Waals surface area contributed by atoms with Crippen LogP contribution in [-0.4, -0.2) is 37.7 Å². The van der Waals surface area contributed by atoms with Crippen molar-refractivity contribution < 1.29 is 9.53 Å². The van der Waals surface area contributed by atoms with Crippen LogP contribution in [0.25, 0.3) is 0 Å². The fourth-order valence-electron chi connectivity index (χ4n) is 2.25. The molecule has 100 valence electrons. The minimum absolute atomic E-state index is 0.0159. The minimum Gasteiger partial charge on any atom is -0.380 e. The number of hydrogen-bond acceptors (Lipinski definition) is 3. The molecule has 1 saturated heterocycles. The summed E-state index contributed by atoms with van der Waals surface area (Å²) >= 11 is 0. The van der Waals surface area contributed by atoms with E-state index in [0.29, 0.717) is 19.1 Å². The third-order valence-corrected chi connectivity index (χ3v) is 3.37. The lowest BCUT2D eigenvalue weighted by Crippen LogP contribution is -2.51. The van der Waals surface area contributed by atoms with Gasteiger partial charge in [-0.3, -0.25) is 4.79 Å². The average molecular weight is 242 g/mol. The molecule has 1 aliphatic rings. The van der Waals surface area contributed by atoms with E-state index >= 15 is 0 Å². The third-order valence-electron chi connectivity index (χ3n) is 3.37. The number of piperidine rings is 1. The molecule has 2 N–H and O–H groups in total. The second-order valence-electron chi connectivity index (χ2n) is 4.87. The summed E-state index contributed by atoms with van der Waals surface area (Å²) in [6.45, 7) is 8.38. The highest BCUT2D eigenvalue weighted by Crippen LogP contribution is 2.19. The van der Waals surface area contributed by atoms with Crippen LogP contribution in [0, 0.1) is 5.92 Å². The molecule has 1 fully saturated rings. The molecule has 4 nitrogen and oxygen atoms in total. The first-order chi connectivity index (χ1) is 8.17. The molecule has 1 heterocycles. The lowest BCUT2D eigenvalue weighted by molar-refractivity contribution is -0.125. The van der Waals surface area contributed by atoms with Crippen LogP contribution in [0.4, 0.5) is 0 Å². The molecule has 0 saturated carbocycles. The van der Waals surface area contributed by atoms with Crippen LogP contribution in [0.3, 0.4) is 0 Å². The lowest BCUT2D eigenvalue weighted by Gasteiger charge is -2.29. The average Bonchev–Trinajstić information content (AvgIpc) is 2.36. The van der Waals surface area contributed by atoms with Crippen molar-refractivity contribution in [3.8, 4) is 0 Å². The van der Waals surface area contributed by atoms with E-state index in [1.807, 2.05) is 13.8 Å². The molecule has 0 aliphatic carbocycles. The largest absolute Gasteiger partial charge is 0.380 e. The zero-order valence-electron chi connectivity index (χ0n) is 11.3. The maximum Gasteiger partial charge on any atom is 0.237 e. The van der Waals surface area contributed by atoms with Crippen molar-refractivity contribution in [1.29, 1.82) is 0 Å². The Hall–Kier alpha value is -0.610. The molecular weight excluding hydrogens is 216 g/mol. The molecule has 0 bridgehead atoms. The smallest absolute Gasteiger partial charge is 0.237 e. The topological polar surface area (TPSA) is 50.4 Å². The van der Waals surface area contributed by atoms with Crippen molar-refractivity contribution in [2.24, 2.45) is 5.92 Å². The summed E-state index contributed by atoms with van der Waals surface area (Å²) < 4.78 is 5.29. The highest BCUT2D eigenvalue weighted by atomic mass is 16.5. The second-order valence-corrected chi connectivity index (χ2v) is 4.87. The molecule has 0 spiro atoms. The van der Waals surface area contributed by atoms with E-state index < -0.39 is 0 Å². The Kier molecular flexibility index (Phi) is 6.52. The Morgan fingerprint density at radius 2 is 2.29 bits per heavy atom. The van der Waals surface area contributed by atoms with E-state index in [1.165, 1.54) is 12.8 Å². The van der Waals surface area contributed by atoms with Gasteiger partial charge in [0.15, 0.2) is 0 Å². The van der Waals surface area contributed by atoms with Gasteiger partial charge in [0.05, 0.1) is 12.6 Å². The number of rotatable bonds is 6. The molecule has 3 atom stereocenters. The molecule has 0 aromatic carbocycles. The van der Waals surface area contributed by atoms with Crippen molar-refractivity contribution in [1.82, 2.24) is 10.6 Å². The molecule has 0 aromatic rings. The monoisotopic (exact) mass is 242 g/mol. The highest BCUT2D eigenvalue weighted by Gasteiger charge is 2.26. The summed E-state index contributed by atoms with van der Waals surface area (Å²) in [5.41, 5.74) is 0. The first-order valence-corrected chi connectivity index (χ1v) is 6.78. The molecule has 0 radical (unpaired) electrons. The Balaban J connectivity index is 2.31. The SMILES string of the molecule is CCOCC(C)NC(=O)C1CC(CC)CCN1. The van der Waals surface area contributed by atoms with E-state index in [1.54, 1.807) is 0 Å². The Morgan fingerprint density at radius 1 is 1.53 bits per heavy atom. The molecule has 0 aromatic heterocycles. The first-order valence-electron chi connectivity index (χ1n) is 6.78. The van der Waals surface area contributed by atoms with Gasteiger partial charge in [0.25, 0.3) is 0 Å². The number of ether oxygens (including phenoxy) is 1. The standard InChI is InChI=1S/C13H26N2O2/c1-4-11-6-7-14-12(8-11)13(16)15-10(3)9-17-5-2/h10-12,14H,4-9H2,1-3H3,(H,15,16). The van der Waals surface area contributed by atoms with Gasteiger partial charge in [-0.1, -0.05) is 13.3 Å². The van der Waals surface area contributed by atoms with Gasteiger partial charge in [0, 0.05) is 12.6 Å². The van der Waals surface area contributed by atoms with Gasteiger partial charge in [-0.15, -0.1) is 0 Å². The molecular formula is C13H26N2O2. The maximum absolute atomic E-state index is 12.0. The zero-order chi connectivity index (χ0) is 12.7. The van der Waals surface area contributed by atoms with Gasteiger partial charge in [-0.25, -0.2) is 0 Å². The van der Waals surface area contributed by atoms with Gasteiger partial charge in [-0.2, -0.15) is 0 Å². The summed E-state index contributed by atoms with van der Waals surface area (Å²) in [6.07, 6.45) is 3.32. The Labute approximate surface area is 104 Å². The zero-order valence-corrected chi connectivity index (χ0v) is 11.3. The second kappa shape index (κ2) is 7.67. The van der Waals surface area contributed by atoms with E-state index in [-0.39, 0.29) is 18.0 Å². The minimum atomic E-state index is -0.0159. The van der Waals surface area contributed by atoms with Crippen LogP contribution in [-0.2, 0) is 9.53 Å². The van der Waals surface area contributed by atoms with Gasteiger partial charge in [0.2, 0.25) is 5.91 Å². The predicted molar refractivity (Wildman–Crippen MR) is 68.9 cm³/mol. The predicted octanol–water partition coefficient (Wildman–Crippen LogP) is 1.31. The van der Waals surface area contributed by atoms with Gasteiger partial charge in [0.1, 0.15) is 0 Å². The van der Waals surface area contributed by atoms with E-state index in [4.69, 9.17) is 4.74 Å². The third kappa shape index (κ3) is 5.04. The van der Waals surface area contributed by atoms with E-state index in [9.17, 15) is 4.79 Å². The van der Waals surface area contributed by atoms with Crippen LogP contribution in [0.5, 0.6) is 0 Å². The lowest BCUT2D eigenvalue weighted by atomic mass is 9.90. The summed E-state index contributed by atoms with van der Waals surface area (Å²) in [6, 6.07) is 0.0732. The van der Waals surface area contributed by atoms with Gasteiger partial charge in [-0.05, 0) is 39.2 Å².